The Morgan fingerprint density at radius 1 is 1.50 bits per heavy atom. The van der Waals surface area contributed by atoms with E-state index in [1.54, 1.807) is 5.32 Å². The summed E-state index contributed by atoms with van der Waals surface area (Å²) < 4.78 is 47.7. The molecule has 0 bridgehead atoms. The Balaban J connectivity index is 1.88. The van der Waals surface area contributed by atoms with Crippen LogP contribution in [0.25, 0.3) is 0 Å². The summed E-state index contributed by atoms with van der Waals surface area (Å²) in [6, 6.07) is 0. The number of anilines is 1. The lowest BCUT2D eigenvalue weighted by Gasteiger charge is -2.15. The maximum Gasteiger partial charge on any atom is 0.471 e. The zero-order valence-electron chi connectivity index (χ0n) is 14.7. The van der Waals surface area contributed by atoms with Crippen molar-refractivity contribution in [3.63, 3.8) is 0 Å². The van der Waals surface area contributed by atoms with E-state index in [9.17, 15) is 22.8 Å². The molecule has 9 nitrogen and oxygen atoms in total. The van der Waals surface area contributed by atoms with E-state index in [0.717, 1.165) is 0 Å². The molecule has 0 spiro atoms. The van der Waals surface area contributed by atoms with E-state index in [0.29, 0.717) is 12.8 Å². The number of alkyl halides is 3. The summed E-state index contributed by atoms with van der Waals surface area (Å²) in [7, 11) is 0. The number of carbonyl (C=O) groups excluding carboxylic acids is 1. The number of amides is 1. The summed E-state index contributed by atoms with van der Waals surface area (Å²) in [5.41, 5.74) is 5.32. The highest BCUT2D eigenvalue weighted by atomic mass is 19.4. The lowest BCUT2D eigenvalue weighted by molar-refractivity contribution is -0.173. The van der Waals surface area contributed by atoms with Gasteiger partial charge in [-0.25, -0.2) is 4.79 Å². The minimum absolute atomic E-state index is 0.0807. The average Bonchev–Trinajstić information content (AvgIpc) is 3.10. The van der Waals surface area contributed by atoms with Gasteiger partial charge in [-0.2, -0.15) is 18.2 Å². The first-order chi connectivity index (χ1) is 13.2. The van der Waals surface area contributed by atoms with Crippen molar-refractivity contribution < 1.29 is 32.5 Å². The van der Waals surface area contributed by atoms with Crippen molar-refractivity contribution >= 4 is 11.7 Å². The minimum Gasteiger partial charge on any atom is -0.394 e. The van der Waals surface area contributed by atoms with E-state index in [4.69, 9.17) is 20.3 Å². The average molecular weight is 404 g/mol. The summed E-state index contributed by atoms with van der Waals surface area (Å²) in [6.07, 6.45) is -3.35. The van der Waals surface area contributed by atoms with Crippen LogP contribution in [0.1, 0.15) is 24.6 Å². The van der Waals surface area contributed by atoms with Crippen LogP contribution in [0.3, 0.4) is 0 Å². The summed E-state index contributed by atoms with van der Waals surface area (Å²) in [6.45, 7) is -0.768. The van der Waals surface area contributed by atoms with Crippen LogP contribution >= 0.6 is 0 Å². The number of aliphatic hydroxyl groups is 1. The number of hydrogen-bond donors (Lipinski definition) is 3. The lowest BCUT2D eigenvalue weighted by Crippen LogP contribution is -2.38. The molecule has 1 fully saturated rings. The van der Waals surface area contributed by atoms with Gasteiger partial charge in [-0.15, -0.1) is 0 Å². The molecule has 0 aliphatic carbocycles. The monoisotopic (exact) mass is 404 g/mol. The van der Waals surface area contributed by atoms with Crippen LogP contribution in [-0.2, 0) is 14.3 Å². The number of aliphatic hydroxyl groups excluding tert-OH is 1. The Kier molecular flexibility index (Phi) is 7.38. The number of hydrogen-bond acceptors (Lipinski definition) is 7. The molecule has 28 heavy (non-hydrogen) atoms. The molecule has 4 N–H and O–H groups in total. The molecule has 0 saturated carbocycles. The van der Waals surface area contributed by atoms with Crippen LogP contribution < -0.4 is 16.7 Å². The third-order valence-corrected chi connectivity index (χ3v) is 3.77. The molecule has 0 radical (unpaired) electrons. The molecule has 1 saturated heterocycles. The highest BCUT2D eigenvalue weighted by Gasteiger charge is 2.38. The lowest BCUT2D eigenvalue weighted by atomic mass is 10.2. The van der Waals surface area contributed by atoms with E-state index >= 15 is 0 Å². The van der Waals surface area contributed by atoms with Crippen molar-refractivity contribution in [1.29, 1.82) is 0 Å². The predicted molar refractivity (Wildman–Crippen MR) is 89.9 cm³/mol. The number of nitrogens with zero attached hydrogens (tertiary/aromatic N) is 2. The van der Waals surface area contributed by atoms with Gasteiger partial charge in [0.2, 0.25) is 0 Å². The Morgan fingerprint density at radius 2 is 2.25 bits per heavy atom. The van der Waals surface area contributed by atoms with Gasteiger partial charge in [0.1, 0.15) is 18.7 Å². The number of rotatable bonds is 6. The largest absolute Gasteiger partial charge is 0.471 e. The highest BCUT2D eigenvalue weighted by Crippen LogP contribution is 2.27. The van der Waals surface area contributed by atoms with E-state index in [-0.39, 0.29) is 43.9 Å². The van der Waals surface area contributed by atoms with E-state index in [1.807, 2.05) is 0 Å². The van der Waals surface area contributed by atoms with Crippen molar-refractivity contribution in [3.8, 4) is 11.8 Å². The molecule has 1 aromatic heterocycles. The van der Waals surface area contributed by atoms with E-state index < -0.39 is 24.0 Å². The number of ether oxygens (including phenoxy) is 2. The summed E-state index contributed by atoms with van der Waals surface area (Å²) >= 11 is 0. The number of nitrogens with one attached hydrogen (secondary N) is 1. The summed E-state index contributed by atoms with van der Waals surface area (Å²) in [5.74, 6) is 3.13. The maximum atomic E-state index is 12.0. The zero-order chi connectivity index (χ0) is 20.7. The molecule has 1 aliphatic rings. The molecule has 2 heterocycles. The first-order valence-corrected chi connectivity index (χ1v) is 8.29. The smallest absolute Gasteiger partial charge is 0.394 e. The first-order valence-electron chi connectivity index (χ1n) is 8.29. The molecular formula is C16H19F3N4O5. The second kappa shape index (κ2) is 9.54. The Bertz CT molecular complexity index is 815. The van der Waals surface area contributed by atoms with Crippen LogP contribution in [0.2, 0.25) is 0 Å². The fraction of sp³-hybridized carbons (Fsp3) is 0.562. The van der Waals surface area contributed by atoms with Crippen molar-refractivity contribution in [2.24, 2.45) is 0 Å². The van der Waals surface area contributed by atoms with Crippen LogP contribution in [0.4, 0.5) is 19.0 Å². The Labute approximate surface area is 157 Å². The van der Waals surface area contributed by atoms with Gasteiger partial charge >= 0.3 is 17.8 Å². The second-order valence-electron chi connectivity index (χ2n) is 5.81. The van der Waals surface area contributed by atoms with E-state index in [1.165, 1.54) is 10.8 Å². The van der Waals surface area contributed by atoms with Gasteiger partial charge in [-0.05, 0) is 12.8 Å². The number of nitrogen functional groups attached to an aromatic ring is 1. The molecule has 12 heteroatoms. The molecular weight excluding hydrogens is 385 g/mol. The number of halogens is 3. The molecule has 1 aliphatic heterocycles. The molecule has 0 aromatic carbocycles. The van der Waals surface area contributed by atoms with Crippen molar-refractivity contribution in [2.75, 3.05) is 32.1 Å². The first kappa shape index (κ1) is 21.7. The van der Waals surface area contributed by atoms with Gasteiger partial charge in [0.05, 0.1) is 24.9 Å². The standard InChI is InChI=1S/C16H19F3N4O5/c17-16(18,19)14(25)21-5-7-27-6-1-2-10-8-23(15(26)22-13(10)20)12-4-3-11(9-24)28-12/h8,11-12,24H,3-7,9H2,(H,21,25)(H2,20,22,26). The van der Waals surface area contributed by atoms with Gasteiger partial charge in [-0.3, -0.25) is 9.36 Å². The van der Waals surface area contributed by atoms with Gasteiger partial charge in [0.25, 0.3) is 0 Å². The topological polar surface area (TPSA) is 129 Å². The fourth-order valence-corrected chi connectivity index (χ4v) is 2.40. The SMILES string of the molecule is Nc1nc(=O)n(C2CCC(CO)O2)cc1C#CCOCCNC(=O)C(F)(F)F. The molecule has 1 aromatic rings. The van der Waals surface area contributed by atoms with Crippen molar-refractivity contribution in [1.82, 2.24) is 14.9 Å². The van der Waals surface area contributed by atoms with Crippen LogP contribution in [-0.4, -0.2) is 59.2 Å². The molecule has 2 atom stereocenters. The Morgan fingerprint density at radius 3 is 2.89 bits per heavy atom. The van der Waals surface area contributed by atoms with Gasteiger partial charge < -0.3 is 25.6 Å². The van der Waals surface area contributed by atoms with Gasteiger partial charge in [-0.1, -0.05) is 11.8 Å². The maximum absolute atomic E-state index is 12.0. The zero-order valence-corrected chi connectivity index (χ0v) is 14.7. The second-order valence-corrected chi connectivity index (χ2v) is 5.81. The summed E-state index contributed by atoms with van der Waals surface area (Å²) in [4.78, 5) is 26.3. The van der Waals surface area contributed by atoms with Crippen LogP contribution in [0.15, 0.2) is 11.0 Å². The number of nitrogens with two attached hydrogens (primary N) is 1. The fourth-order valence-electron chi connectivity index (χ4n) is 2.40. The summed E-state index contributed by atoms with van der Waals surface area (Å²) in [5, 5.41) is 10.8. The molecule has 1 amide bonds. The third kappa shape index (κ3) is 5.95. The van der Waals surface area contributed by atoms with E-state index in [2.05, 4.69) is 16.8 Å². The molecule has 2 rings (SSSR count). The van der Waals surface area contributed by atoms with Crippen molar-refractivity contribution in [3.05, 3.63) is 22.2 Å². The van der Waals surface area contributed by atoms with Crippen LogP contribution in [0, 0.1) is 11.8 Å². The highest BCUT2D eigenvalue weighted by molar-refractivity contribution is 5.81. The normalized spacial score (nSPS) is 19.1. The third-order valence-electron chi connectivity index (χ3n) is 3.77. The number of carbonyl (C=O) groups is 1. The van der Waals surface area contributed by atoms with Gasteiger partial charge in [0, 0.05) is 12.7 Å². The van der Waals surface area contributed by atoms with Crippen LogP contribution in [0.5, 0.6) is 0 Å². The van der Waals surface area contributed by atoms with Gasteiger partial charge in [0.15, 0.2) is 0 Å². The molecule has 2 unspecified atom stereocenters. The number of aromatic nitrogens is 2. The van der Waals surface area contributed by atoms with Crippen molar-refractivity contribution in [2.45, 2.75) is 31.3 Å². The Hall–Kier alpha value is -2.62. The molecule has 154 valence electrons. The predicted octanol–water partition coefficient (Wildman–Crippen LogP) is -0.458. The quantitative estimate of drug-likeness (QED) is 0.432. The minimum atomic E-state index is -4.94.